The van der Waals surface area contributed by atoms with E-state index in [-0.39, 0.29) is 17.2 Å². The van der Waals surface area contributed by atoms with Crippen LogP contribution in [0.5, 0.6) is 11.5 Å². The van der Waals surface area contributed by atoms with Crippen molar-refractivity contribution in [2.75, 3.05) is 31.4 Å². The van der Waals surface area contributed by atoms with Crippen molar-refractivity contribution in [3.63, 3.8) is 0 Å². The third kappa shape index (κ3) is 3.83. The zero-order valence-corrected chi connectivity index (χ0v) is 13.5. The fourth-order valence-electron chi connectivity index (χ4n) is 2.05. The lowest BCUT2D eigenvalue weighted by molar-refractivity contribution is 0.0697. The molecule has 2 aromatic rings. The van der Waals surface area contributed by atoms with E-state index in [1.807, 2.05) is 0 Å². The van der Waals surface area contributed by atoms with Gasteiger partial charge in [-0.25, -0.2) is 14.2 Å². The third-order valence-electron chi connectivity index (χ3n) is 3.16. The fraction of sp³-hybridized carbons (Fsp3) is 0.250. The van der Waals surface area contributed by atoms with E-state index < -0.39 is 11.8 Å². The molecule has 7 nitrogen and oxygen atoms in total. The Kier molecular flexibility index (Phi) is 5.41. The summed E-state index contributed by atoms with van der Waals surface area (Å²) < 4.78 is 24.2. The molecule has 2 rings (SSSR count). The van der Waals surface area contributed by atoms with Gasteiger partial charge in [0.2, 0.25) is 0 Å². The third-order valence-corrected chi connectivity index (χ3v) is 3.16. The second kappa shape index (κ2) is 7.49. The van der Waals surface area contributed by atoms with Gasteiger partial charge in [0.05, 0.1) is 14.2 Å². The summed E-state index contributed by atoms with van der Waals surface area (Å²) in [6, 6.07) is 5.89. The lowest BCUT2D eigenvalue weighted by atomic mass is 10.2. The molecule has 0 radical (unpaired) electrons. The maximum absolute atomic E-state index is 13.9. The Morgan fingerprint density at radius 2 is 1.79 bits per heavy atom. The van der Waals surface area contributed by atoms with Gasteiger partial charge in [0, 0.05) is 30.4 Å². The molecular weight excluding hydrogens is 317 g/mol. The molecule has 3 N–H and O–H groups in total. The molecule has 0 amide bonds. The van der Waals surface area contributed by atoms with E-state index in [1.54, 1.807) is 25.1 Å². The Labute approximate surface area is 138 Å². The summed E-state index contributed by atoms with van der Waals surface area (Å²) in [6.07, 6.45) is 0. The van der Waals surface area contributed by atoms with E-state index in [0.717, 1.165) is 6.07 Å². The zero-order chi connectivity index (χ0) is 17.7. The molecule has 0 spiro atoms. The number of aromatic carboxylic acids is 1. The highest BCUT2D eigenvalue weighted by atomic mass is 19.1. The van der Waals surface area contributed by atoms with Crippen LogP contribution in [0.25, 0.3) is 0 Å². The topological polar surface area (TPSA) is 92.7 Å². The van der Waals surface area contributed by atoms with Gasteiger partial charge in [-0.3, -0.25) is 0 Å². The van der Waals surface area contributed by atoms with Gasteiger partial charge in [0.1, 0.15) is 22.9 Å². The van der Waals surface area contributed by atoms with Crippen LogP contribution in [0.15, 0.2) is 24.3 Å². The van der Waals surface area contributed by atoms with Crippen molar-refractivity contribution in [2.24, 2.45) is 0 Å². The van der Waals surface area contributed by atoms with Gasteiger partial charge in [0.15, 0.2) is 11.6 Å². The molecule has 24 heavy (non-hydrogen) atoms. The van der Waals surface area contributed by atoms with E-state index in [1.165, 1.54) is 14.2 Å². The molecule has 0 saturated heterocycles. The molecular formula is C16H18FN3O4. The number of carbonyl (C=O) groups is 1. The minimum atomic E-state index is -1.29. The summed E-state index contributed by atoms with van der Waals surface area (Å²) in [5.74, 6) is -1.01. The number of carboxylic acid groups (broad SMARTS) is 1. The predicted octanol–water partition coefficient (Wildman–Crippen LogP) is 3.11. The maximum Gasteiger partial charge on any atom is 0.339 e. The standard InChI is InChI=1S/C16H18FN3O4/c1-4-18-15-13(17)8-12(16(21)22)14(20-15)19-9-5-10(23-2)7-11(6-9)24-3/h5-8H,4H2,1-3H3,(H,21,22)(H2,18,19,20). The first-order valence-electron chi connectivity index (χ1n) is 7.16. The number of methoxy groups -OCH3 is 2. The number of benzene rings is 1. The van der Waals surface area contributed by atoms with Crippen LogP contribution >= 0.6 is 0 Å². The minimum absolute atomic E-state index is 0.00940. The van der Waals surface area contributed by atoms with Crippen LogP contribution in [0.4, 0.5) is 21.7 Å². The summed E-state index contributed by atoms with van der Waals surface area (Å²) in [5, 5.41) is 14.9. The van der Waals surface area contributed by atoms with E-state index in [2.05, 4.69) is 15.6 Å². The normalized spacial score (nSPS) is 10.2. The number of ether oxygens (including phenoxy) is 2. The van der Waals surface area contributed by atoms with Gasteiger partial charge in [-0.15, -0.1) is 0 Å². The first-order chi connectivity index (χ1) is 11.5. The Bertz CT molecular complexity index is 730. The summed E-state index contributed by atoms with van der Waals surface area (Å²) in [5.41, 5.74) is 0.214. The van der Waals surface area contributed by atoms with Gasteiger partial charge in [-0.2, -0.15) is 0 Å². The molecule has 128 valence electrons. The molecule has 8 heteroatoms. The van der Waals surface area contributed by atoms with E-state index >= 15 is 0 Å². The van der Waals surface area contributed by atoms with E-state index in [9.17, 15) is 14.3 Å². The summed E-state index contributed by atoms with van der Waals surface area (Å²) in [7, 11) is 3.00. The highest BCUT2D eigenvalue weighted by Gasteiger charge is 2.17. The van der Waals surface area contributed by atoms with Gasteiger partial charge in [-0.1, -0.05) is 0 Å². The van der Waals surface area contributed by atoms with Crippen LogP contribution in [0.2, 0.25) is 0 Å². The smallest absolute Gasteiger partial charge is 0.339 e. The summed E-state index contributed by atoms with van der Waals surface area (Å²) in [4.78, 5) is 15.4. The monoisotopic (exact) mass is 335 g/mol. The van der Waals surface area contributed by atoms with E-state index in [0.29, 0.717) is 23.7 Å². The van der Waals surface area contributed by atoms with Crippen LogP contribution in [-0.4, -0.2) is 36.8 Å². The Balaban J connectivity index is 2.47. The average Bonchev–Trinajstić information content (AvgIpc) is 2.57. The first kappa shape index (κ1) is 17.3. The number of hydrogen-bond acceptors (Lipinski definition) is 6. The van der Waals surface area contributed by atoms with E-state index in [4.69, 9.17) is 9.47 Å². The highest BCUT2D eigenvalue weighted by Crippen LogP contribution is 2.29. The van der Waals surface area contributed by atoms with Crippen molar-refractivity contribution in [3.05, 3.63) is 35.6 Å². The number of pyridine rings is 1. The molecule has 0 atom stereocenters. The Morgan fingerprint density at radius 3 is 2.29 bits per heavy atom. The molecule has 1 heterocycles. The number of nitrogens with zero attached hydrogens (tertiary/aromatic N) is 1. The molecule has 0 aliphatic carbocycles. The van der Waals surface area contributed by atoms with Crippen molar-refractivity contribution >= 4 is 23.3 Å². The second-order valence-corrected chi connectivity index (χ2v) is 4.78. The zero-order valence-electron chi connectivity index (χ0n) is 13.5. The molecule has 0 bridgehead atoms. The number of nitrogens with one attached hydrogen (secondary N) is 2. The predicted molar refractivity (Wildman–Crippen MR) is 88.1 cm³/mol. The number of carboxylic acids is 1. The molecule has 0 unspecified atom stereocenters. The number of anilines is 3. The lowest BCUT2D eigenvalue weighted by Gasteiger charge is -2.14. The minimum Gasteiger partial charge on any atom is -0.497 e. The molecule has 0 aliphatic rings. The number of halogens is 1. The summed E-state index contributed by atoms with van der Waals surface area (Å²) >= 11 is 0. The van der Waals surface area contributed by atoms with Crippen LogP contribution in [0.1, 0.15) is 17.3 Å². The first-order valence-corrected chi connectivity index (χ1v) is 7.16. The SMILES string of the molecule is CCNc1nc(Nc2cc(OC)cc(OC)c2)c(C(=O)O)cc1F. The quantitative estimate of drug-likeness (QED) is 0.716. The van der Waals surface area contributed by atoms with Crippen LogP contribution in [-0.2, 0) is 0 Å². The van der Waals surface area contributed by atoms with Crippen LogP contribution < -0.4 is 20.1 Å². The van der Waals surface area contributed by atoms with Crippen LogP contribution in [0, 0.1) is 5.82 Å². The van der Waals surface area contributed by atoms with Crippen molar-refractivity contribution in [1.82, 2.24) is 4.98 Å². The van der Waals surface area contributed by atoms with Crippen LogP contribution in [0.3, 0.4) is 0 Å². The van der Waals surface area contributed by atoms with Gasteiger partial charge in [0.25, 0.3) is 0 Å². The van der Waals surface area contributed by atoms with Crippen molar-refractivity contribution in [3.8, 4) is 11.5 Å². The molecule has 1 aromatic carbocycles. The van der Waals surface area contributed by atoms with Crippen molar-refractivity contribution in [1.29, 1.82) is 0 Å². The van der Waals surface area contributed by atoms with Gasteiger partial charge >= 0.3 is 5.97 Å². The van der Waals surface area contributed by atoms with Crippen molar-refractivity contribution in [2.45, 2.75) is 6.92 Å². The molecule has 0 fully saturated rings. The fourth-order valence-corrected chi connectivity index (χ4v) is 2.05. The van der Waals surface area contributed by atoms with Gasteiger partial charge < -0.3 is 25.2 Å². The number of aromatic nitrogens is 1. The van der Waals surface area contributed by atoms with Crippen molar-refractivity contribution < 1.29 is 23.8 Å². The lowest BCUT2D eigenvalue weighted by Crippen LogP contribution is -2.10. The molecule has 0 saturated carbocycles. The van der Waals surface area contributed by atoms with Gasteiger partial charge in [-0.05, 0) is 13.0 Å². The largest absolute Gasteiger partial charge is 0.497 e. The number of hydrogen-bond donors (Lipinski definition) is 3. The average molecular weight is 335 g/mol. The molecule has 1 aromatic heterocycles. The number of rotatable bonds is 7. The maximum atomic E-state index is 13.9. The highest BCUT2D eigenvalue weighted by molar-refractivity contribution is 5.94. The molecule has 0 aliphatic heterocycles. The Morgan fingerprint density at radius 1 is 1.17 bits per heavy atom. The Hall–Kier alpha value is -3.03. The summed E-state index contributed by atoms with van der Waals surface area (Å²) in [6.45, 7) is 2.23. The second-order valence-electron chi connectivity index (χ2n) is 4.78.